The Morgan fingerprint density at radius 3 is 2.56 bits per heavy atom. The second kappa shape index (κ2) is 5.46. The minimum atomic E-state index is -1.05. The number of hydrogen-bond donors (Lipinski definition) is 1. The molecule has 0 aliphatic heterocycles. The van der Waals surface area contributed by atoms with Crippen molar-refractivity contribution in [2.75, 3.05) is 0 Å². The van der Waals surface area contributed by atoms with Crippen molar-refractivity contribution in [3.8, 4) is 12.3 Å². The number of aliphatic hydroxyl groups is 1. The highest BCUT2D eigenvalue weighted by Crippen LogP contribution is 2.67. The highest BCUT2D eigenvalue weighted by molar-refractivity contribution is 5.79. The number of carbonyl (C=O) groups excluding carboxylic acids is 1. The summed E-state index contributed by atoms with van der Waals surface area (Å²) in [6.07, 6.45) is 17.5. The van der Waals surface area contributed by atoms with E-state index in [1.807, 2.05) is 6.08 Å². The molecule has 136 valence electrons. The molecule has 2 unspecified atom stereocenters. The average molecular weight is 341 g/mol. The molecule has 0 bridgehead atoms. The molecule has 4 aliphatic carbocycles. The van der Waals surface area contributed by atoms with Gasteiger partial charge in [0.05, 0.1) is 0 Å². The van der Waals surface area contributed by atoms with E-state index in [0.717, 1.165) is 18.8 Å². The molecule has 2 heteroatoms. The zero-order valence-electron chi connectivity index (χ0n) is 15.9. The Labute approximate surface area is 152 Å². The molecule has 0 saturated heterocycles. The van der Waals surface area contributed by atoms with Gasteiger partial charge in [0, 0.05) is 5.92 Å². The van der Waals surface area contributed by atoms with Crippen LogP contribution in [0.5, 0.6) is 0 Å². The van der Waals surface area contributed by atoms with Gasteiger partial charge in [-0.25, -0.2) is 0 Å². The van der Waals surface area contributed by atoms with E-state index in [9.17, 15) is 9.90 Å². The predicted molar refractivity (Wildman–Crippen MR) is 99.6 cm³/mol. The second-order valence-corrected chi connectivity index (χ2v) is 9.91. The normalized spacial score (nSPS) is 54.1. The monoisotopic (exact) mass is 340 g/mol. The van der Waals surface area contributed by atoms with Gasteiger partial charge >= 0.3 is 0 Å². The maximum absolute atomic E-state index is 12.2. The molecule has 0 radical (unpaired) electrons. The molecular formula is C23H32O2. The van der Waals surface area contributed by atoms with Crippen LogP contribution in [0.15, 0.2) is 12.2 Å². The van der Waals surface area contributed by atoms with E-state index in [1.54, 1.807) is 6.92 Å². The third-order valence-electron chi connectivity index (χ3n) is 8.98. The summed E-state index contributed by atoms with van der Waals surface area (Å²) >= 11 is 0. The van der Waals surface area contributed by atoms with E-state index in [4.69, 9.17) is 6.42 Å². The van der Waals surface area contributed by atoms with Gasteiger partial charge < -0.3 is 5.11 Å². The van der Waals surface area contributed by atoms with E-state index in [2.05, 4.69) is 25.8 Å². The maximum Gasteiger partial charge on any atom is 0.144 e. The summed E-state index contributed by atoms with van der Waals surface area (Å²) < 4.78 is 0. The molecule has 3 fully saturated rings. The molecule has 0 spiro atoms. The first-order valence-electron chi connectivity index (χ1n) is 10.1. The fourth-order valence-electron chi connectivity index (χ4n) is 7.59. The van der Waals surface area contributed by atoms with Gasteiger partial charge in [0.2, 0.25) is 0 Å². The molecule has 8 atom stereocenters. The lowest BCUT2D eigenvalue weighted by molar-refractivity contribution is -0.130. The van der Waals surface area contributed by atoms with Crippen LogP contribution in [-0.2, 0) is 4.79 Å². The third kappa shape index (κ3) is 2.31. The third-order valence-corrected chi connectivity index (χ3v) is 8.98. The quantitative estimate of drug-likeness (QED) is 0.568. The number of hydrogen-bond acceptors (Lipinski definition) is 2. The number of rotatable bonds is 1. The van der Waals surface area contributed by atoms with Crippen molar-refractivity contribution in [1.82, 2.24) is 0 Å². The molecule has 0 amide bonds. The average Bonchev–Trinajstić information content (AvgIpc) is 2.93. The lowest BCUT2D eigenvalue weighted by atomic mass is 9.45. The summed E-state index contributed by atoms with van der Waals surface area (Å²) in [4.78, 5) is 12.2. The standard InChI is InChI=1S/C23H32O2/c1-5-23(25)13-12-21(3)16(14-23)6-7-17-19-9-8-18(15(2)24)22(19,4)11-10-20(17)21/h1,12-13,16-20,25H,6-11,14H2,2-4H3/t16?,17-,18+,19-,20-,21-,22+,23?/m0/s1. The summed E-state index contributed by atoms with van der Waals surface area (Å²) in [5.41, 5.74) is -0.678. The smallest absolute Gasteiger partial charge is 0.144 e. The van der Waals surface area contributed by atoms with E-state index in [0.29, 0.717) is 30.0 Å². The molecule has 0 aromatic carbocycles. The molecule has 0 aromatic rings. The van der Waals surface area contributed by atoms with Crippen LogP contribution in [0.2, 0.25) is 0 Å². The molecule has 0 aromatic heterocycles. The van der Waals surface area contributed by atoms with Gasteiger partial charge in [-0.1, -0.05) is 25.8 Å². The van der Waals surface area contributed by atoms with Crippen molar-refractivity contribution < 1.29 is 9.90 Å². The summed E-state index contributed by atoms with van der Waals surface area (Å²) in [5, 5.41) is 10.6. The van der Waals surface area contributed by atoms with Gasteiger partial charge in [-0.2, -0.15) is 0 Å². The van der Waals surface area contributed by atoms with Crippen molar-refractivity contribution in [2.24, 2.45) is 40.4 Å². The van der Waals surface area contributed by atoms with Crippen LogP contribution in [0, 0.1) is 52.8 Å². The second-order valence-electron chi connectivity index (χ2n) is 9.91. The molecular weight excluding hydrogens is 308 g/mol. The summed E-state index contributed by atoms with van der Waals surface area (Å²) in [5.74, 6) is 5.85. The van der Waals surface area contributed by atoms with Crippen LogP contribution in [-0.4, -0.2) is 16.5 Å². The van der Waals surface area contributed by atoms with Gasteiger partial charge in [-0.05, 0) is 92.4 Å². The van der Waals surface area contributed by atoms with Crippen molar-refractivity contribution >= 4 is 5.78 Å². The Morgan fingerprint density at radius 1 is 1.12 bits per heavy atom. The zero-order valence-corrected chi connectivity index (χ0v) is 15.9. The highest BCUT2D eigenvalue weighted by Gasteiger charge is 2.60. The summed E-state index contributed by atoms with van der Waals surface area (Å²) in [6.45, 7) is 6.60. The molecule has 1 N–H and O–H groups in total. The summed E-state index contributed by atoms with van der Waals surface area (Å²) in [6, 6.07) is 0. The first-order chi connectivity index (χ1) is 11.7. The topological polar surface area (TPSA) is 37.3 Å². The molecule has 25 heavy (non-hydrogen) atoms. The Hall–Kier alpha value is -1.07. The van der Waals surface area contributed by atoms with E-state index in [-0.39, 0.29) is 16.7 Å². The Morgan fingerprint density at radius 2 is 1.88 bits per heavy atom. The lowest BCUT2D eigenvalue weighted by Gasteiger charge is -2.59. The molecule has 4 rings (SSSR count). The van der Waals surface area contributed by atoms with E-state index < -0.39 is 5.60 Å². The SMILES string of the molecule is C#CC1(O)C=C[C@@]2(C)C(CC[C@H]3[C@@H]4CC[C@H](C(C)=O)[C@@]4(C)CC[C@@H]32)C1. The minimum absolute atomic E-state index is 0.154. The van der Waals surface area contributed by atoms with Crippen molar-refractivity contribution in [3.05, 3.63) is 12.2 Å². The fraction of sp³-hybridized carbons (Fsp3) is 0.783. The fourth-order valence-corrected chi connectivity index (χ4v) is 7.59. The van der Waals surface area contributed by atoms with Crippen LogP contribution < -0.4 is 0 Å². The number of allylic oxidation sites excluding steroid dienone is 1. The first kappa shape index (κ1) is 17.3. The van der Waals surface area contributed by atoms with Crippen LogP contribution in [0.1, 0.15) is 65.7 Å². The Kier molecular flexibility index (Phi) is 3.79. The Bertz CT molecular complexity index is 657. The number of terminal acetylenes is 1. The molecule has 0 heterocycles. The molecule has 2 nitrogen and oxygen atoms in total. The number of ketones is 1. The molecule has 3 saturated carbocycles. The number of carbonyl (C=O) groups is 1. The number of fused-ring (bicyclic) bond motifs is 5. The largest absolute Gasteiger partial charge is 0.374 e. The van der Waals surface area contributed by atoms with Gasteiger partial charge in [0.25, 0.3) is 0 Å². The first-order valence-corrected chi connectivity index (χ1v) is 10.1. The van der Waals surface area contributed by atoms with Gasteiger partial charge in [-0.3, -0.25) is 4.79 Å². The lowest BCUT2D eigenvalue weighted by Crippen LogP contribution is -2.54. The van der Waals surface area contributed by atoms with Crippen LogP contribution in [0.25, 0.3) is 0 Å². The van der Waals surface area contributed by atoms with Crippen LogP contribution in [0.3, 0.4) is 0 Å². The van der Waals surface area contributed by atoms with Crippen molar-refractivity contribution in [2.45, 2.75) is 71.3 Å². The predicted octanol–water partition coefficient (Wildman–Crippen LogP) is 4.37. The van der Waals surface area contributed by atoms with Crippen molar-refractivity contribution in [3.63, 3.8) is 0 Å². The maximum atomic E-state index is 12.2. The minimum Gasteiger partial charge on any atom is -0.374 e. The van der Waals surface area contributed by atoms with Crippen molar-refractivity contribution in [1.29, 1.82) is 0 Å². The number of Topliss-reactive ketones (excluding diaryl/α,β-unsaturated/α-hetero) is 1. The Balaban J connectivity index is 1.65. The van der Waals surface area contributed by atoms with Gasteiger partial charge in [0.15, 0.2) is 0 Å². The van der Waals surface area contributed by atoms with Crippen LogP contribution in [0.4, 0.5) is 0 Å². The van der Waals surface area contributed by atoms with Gasteiger partial charge in [0.1, 0.15) is 11.4 Å². The summed E-state index contributed by atoms with van der Waals surface area (Å²) in [7, 11) is 0. The zero-order chi connectivity index (χ0) is 18.0. The van der Waals surface area contributed by atoms with E-state index >= 15 is 0 Å². The molecule has 4 aliphatic rings. The van der Waals surface area contributed by atoms with Gasteiger partial charge in [-0.15, -0.1) is 6.42 Å². The van der Waals surface area contributed by atoms with E-state index in [1.165, 1.54) is 25.7 Å². The highest BCUT2D eigenvalue weighted by atomic mass is 16.3. The van der Waals surface area contributed by atoms with Crippen LogP contribution >= 0.6 is 0 Å².